The van der Waals surface area contributed by atoms with Gasteiger partial charge in [-0.25, -0.2) is 0 Å². The lowest BCUT2D eigenvalue weighted by Gasteiger charge is -2.22. The molecule has 1 aliphatic carbocycles. The fraction of sp³-hybridized carbons (Fsp3) is 0.846. The molecule has 1 saturated heterocycles. The normalized spacial score (nSPS) is 20.0. The molecule has 0 radical (unpaired) electrons. The molecule has 2 fully saturated rings. The van der Waals surface area contributed by atoms with E-state index in [1.807, 2.05) is 0 Å². The Kier molecular flexibility index (Phi) is 5.60. The van der Waals surface area contributed by atoms with Gasteiger partial charge in [0.15, 0.2) is 0 Å². The van der Waals surface area contributed by atoms with Crippen LogP contribution in [-0.4, -0.2) is 50.2 Å². The predicted molar refractivity (Wildman–Crippen MR) is 70.6 cm³/mol. The van der Waals surface area contributed by atoms with Gasteiger partial charge in [-0.2, -0.15) is 0 Å². The zero-order valence-corrected chi connectivity index (χ0v) is 11.2. The summed E-state index contributed by atoms with van der Waals surface area (Å²) >= 11 is 0. The first-order valence-electron chi connectivity index (χ1n) is 7.12. The van der Waals surface area contributed by atoms with E-state index in [2.05, 4.69) is 16.0 Å². The molecule has 0 unspecified atom stereocenters. The fourth-order valence-corrected chi connectivity index (χ4v) is 2.05. The SMILES string of the molecule is O=C(CCOC1CCNCC1)NCC(=O)NC1CC1. The second-order valence-corrected chi connectivity index (χ2v) is 5.19. The highest BCUT2D eigenvalue weighted by atomic mass is 16.5. The van der Waals surface area contributed by atoms with E-state index >= 15 is 0 Å². The van der Waals surface area contributed by atoms with E-state index in [1.54, 1.807) is 0 Å². The van der Waals surface area contributed by atoms with Crippen molar-refractivity contribution >= 4 is 11.8 Å². The molecular formula is C13H23N3O3. The van der Waals surface area contributed by atoms with Crippen molar-refractivity contribution in [1.29, 1.82) is 0 Å². The predicted octanol–water partition coefficient (Wildman–Crippen LogP) is -0.460. The van der Waals surface area contributed by atoms with Gasteiger partial charge < -0.3 is 20.7 Å². The molecule has 1 heterocycles. The molecule has 0 spiro atoms. The smallest absolute Gasteiger partial charge is 0.239 e. The summed E-state index contributed by atoms with van der Waals surface area (Å²) in [6.45, 7) is 2.47. The van der Waals surface area contributed by atoms with Crippen LogP contribution in [0, 0.1) is 0 Å². The van der Waals surface area contributed by atoms with Crippen LogP contribution in [0.1, 0.15) is 32.1 Å². The van der Waals surface area contributed by atoms with Gasteiger partial charge in [0.05, 0.1) is 19.3 Å². The van der Waals surface area contributed by atoms with E-state index in [9.17, 15) is 9.59 Å². The molecule has 6 nitrogen and oxygen atoms in total. The third kappa shape index (κ3) is 6.02. The highest BCUT2D eigenvalue weighted by Crippen LogP contribution is 2.18. The Morgan fingerprint density at radius 2 is 1.84 bits per heavy atom. The van der Waals surface area contributed by atoms with Crippen LogP contribution in [-0.2, 0) is 14.3 Å². The lowest BCUT2D eigenvalue weighted by atomic mass is 10.1. The molecule has 6 heteroatoms. The molecule has 0 aromatic carbocycles. The van der Waals surface area contributed by atoms with E-state index in [0.29, 0.717) is 19.1 Å². The minimum atomic E-state index is -0.125. The molecule has 0 bridgehead atoms. The van der Waals surface area contributed by atoms with Crippen molar-refractivity contribution in [2.75, 3.05) is 26.2 Å². The van der Waals surface area contributed by atoms with Gasteiger partial charge in [-0.05, 0) is 38.8 Å². The van der Waals surface area contributed by atoms with Crippen LogP contribution in [0.15, 0.2) is 0 Å². The largest absolute Gasteiger partial charge is 0.378 e. The van der Waals surface area contributed by atoms with Crippen molar-refractivity contribution in [3.63, 3.8) is 0 Å². The first-order valence-corrected chi connectivity index (χ1v) is 7.12. The first-order chi connectivity index (χ1) is 9.24. The minimum absolute atomic E-state index is 0.0721. The van der Waals surface area contributed by atoms with Crippen LogP contribution < -0.4 is 16.0 Å². The quantitative estimate of drug-likeness (QED) is 0.584. The Labute approximate surface area is 113 Å². The molecule has 3 N–H and O–H groups in total. The standard InChI is InChI=1S/C13H23N3O3/c17-12(15-9-13(18)16-10-1-2-10)5-8-19-11-3-6-14-7-4-11/h10-11,14H,1-9H2,(H,15,17)(H,16,18). The molecule has 1 aliphatic heterocycles. The van der Waals surface area contributed by atoms with Gasteiger partial charge in [0.2, 0.25) is 11.8 Å². The van der Waals surface area contributed by atoms with E-state index in [-0.39, 0.29) is 24.5 Å². The topological polar surface area (TPSA) is 79.5 Å². The summed E-state index contributed by atoms with van der Waals surface area (Å²) in [4.78, 5) is 22.9. The average molecular weight is 269 g/mol. The van der Waals surface area contributed by atoms with Crippen molar-refractivity contribution in [3.05, 3.63) is 0 Å². The van der Waals surface area contributed by atoms with Gasteiger partial charge >= 0.3 is 0 Å². The Bertz CT molecular complexity index is 312. The highest BCUT2D eigenvalue weighted by molar-refractivity contribution is 5.84. The number of carbonyl (C=O) groups excluding carboxylic acids is 2. The van der Waals surface area contributed by atoms with E-state index in [1.165, 1.54) is 0 Å². The third-order valence-electron chi connectivity index (χ3n) is 3.36. The van der Waals surface area contributed by atoms with E-state index < -0.39 is 0 Å². The van der Waals surface area contributed by atoms with Crippen molar-refractivity contribution < 1.29 is 14.3 Å². The van der Waals surface area contributed by atoms with Gasteiger partial charge in [0, 0.05) is 12.5 Å². The monoisotopic (exact) mass is 269 g/mol. The number of piperidine rings is 1. The van der Waals surface area contributed by atoms with Crippen molar-refractivity contribution in [2.45, 2.75) is 44.2 Å². The molecule has 0 aromatic heterocycles. The maximum atomic E-state index is 11.5. The van der Waals surface area contributed by atoms with Crippen LogP contribution in [0.3, 0.4) is 0 Å². The molecule has 0 atom stereocenters. The van der Waals surface area contributed by atoms with Crippen LogP contribution >= 0.6 is 0 Å². The Morgan fingerprint density at radius 3 is 2.53 bits per heavy atom. The lowest BCUT2D eigenvalue weighted by molar-refractivity contribution is -0.127. The Balaban J connectivity index is 1.47. The Morgan fingerprint density at radius 1 is 1.11 bits per heavy atom. The molecule has 2 aliphatic rings. The number of hydrogen-bond acceptors (Lipinski definition) is 4. The highest BCUT2D eigenvalue weighted by Gasteiger charge is 2.23. The molecule has 1 saturated carbocycles. The van der Waals surface area contributed by atoms with Gasteiger partial charge in [-0.1, -0.05) is 0 Å². The fourth-order valence-electron chi connectivity index (χ4n) is 2.05. The van der Waals surface area contributed by atoms with Crippen LogP contribution in [0.5, 0.6) is 0 Å². The zero-order chi connectivity index (χ0) is 13.5. The number of amides is 2. The lowest BCUT2D eigenvalue weighted by Crippen LogP contribution is -2.38. The van der Waals surface area contributed by atoms with Crippen LogP contribution in [0.4, 0.5) is 0 Å². The summed E-state index contributed by atoms with van der Waals surface area (Å²) < 4.78 is 5.63. The summed E-state index contributed by atoms with van der Waals surface area (Å²) in [6, 6.07) is 0.340. The van der Waals surface area contributed by atoms with Gasteiger partial charge in [-0.3, -0.25) is 9.59 Å². The van der Waals surface area contributed by atoms with E-state index in [0.717, 1.165) is 38.8 Å². The zero-order valence-electron chi connectivity index (χ0n) is 11.2. The molecule has 2 amide bonds. The molecule has 108 valence electrons. The molecule has 19 heavy (non-hydrogen) atoms. The number of carbonyl (C=O) groups is 2. The van der Waals surface area contributed by atoms with Crippen molar-refractivity contribution in [1.82, 2.24) is 16.0 Å². The third-order valence-corrected chi connectivity index (χ3v) is 3.36. The number of ether oxygens (including phenoxy) is 1. The summed E-state index contributed by atoms with van der Waals surface area (Å²) in [6.07, 6.45) is 4.72. The Hall–Kier alpha value is -1.14. The van der Waals surface area contributed by atoms with Gasteiger partial charge in [0.25, 0.3) is 0 Å². The average Bonchev–Trinajstić information content (AvgIpc) is 3.22. The number of rotatable bonds is 7. The summed E-state index contributed by atoms with van der Waals surface area (Å²) in [7, 11) is 0. The maximum absolute atomic E-state index is 11.5. The second kappa shape index (κ2) is 7.45. The minimum Gasteiger partial charge on any atom is -0.378 e. The summed E-state index contributed by atoms with van der Waals surface area (Å²) in [5.74, 6) is -0.227. The molecule has 0 aromatic rings. The van der Waals surface area contributed by atoms with Crippen molar-refractivity contribution in [2.24, 2.45) is 0 Å². The molecular weight excluding hydrogens is 246 g/mol. The second-order valence-electron chi connectivity index (χ2n) is 5.19. The summed E-state index contributed by atoms with van der Waals surface area (Å²) in [5, 5.41) is 8.70. The van der Waals surface area contributed by atoms with Crippen molar-refractivity contribution in [3.8, 4) is 0 Å². The first kappa shape index (κ1) is 14.3. The number of nitrogens with one attached hydrogen (secondary N) is 3. The maximum Gasteiger partial charge on any atom is 0.239 e. The van der Waals surface area contributed by atoms with Crippen LogP contribution in [0.2, 0.25) is 0 Å². The van der Waals surface area contributed by atoms with Gasteiger partial charge in [0.1, 0.15) is 0 Å². The number of hydrogen-bond donors (Lipinski definition) is 3. The van der Waals surface area contributed by atoms with Crippen LogP contribution in [0.25, 0.3) is 0 Å². The van der Waals surface area contributed by atoms with E-state index in [4.69, 9.17) is 4.74 Å². The van der Waals surface area contributed by atoms with Gasteiger partial charge in [-0.15, -0.1) is 0 Å². The summed E-state index contributed by atoms with van der Waals surface area (Å²) in [5.41, 5.74) is 0. The molecule has 2 rings (SSSR count).